The van der Waals surface area contributed by atoms with Gasteiger partial charge in [0, 0.05) is 12.8 Å². The molecule has 0 aromatic rings. The van der Waals surface area contributed by atoms with Gasteiger partial charge < -0.3 is 14.2 Å². The van der Waals surface area contributed by atoms with Crippen LogP contribution in [-0.4, -0.2) is 34.2 Å². The van der Waals surface area contributed by atoms with E-state index >= 15 is 0 Å². The Labute approximate surface area is 139 Å². The van der Waals surface area contributed by atoms with Gasteiger partial charge in [0.15, 0.2) is 6.10 Å². The summed E-state index contributed by atoms with van der Waals surface area (Å²) in [5.41, 5.74) is 0. The Hall–Kier alpha value is -0.230. The van der Waals surface area contributed by atoms with E-state index in [0.717, 1.165) is 6.42 Å². The molecule has 1 aliphatic heterocycles. The van der Waals surface area contributed by atoms with Crippen LogP contribution in [0.5, 0.6) is 0 Å². The maximum absolute atomic E-state index is 11.3. The molecule has 5 atom stereocenters. The van der Waals surface area contributed by atoms with Crippen LogP contribution in [0.4, 0.5) is 0 Å². The molecule has 1 N–H and O–H groups in total. The Morgan fingerprint density at radius 2 is 1.81 bits per heavy atom. The van der Waals surface area contributed by atoms with Gasteiger partial charge in [0.25, 0.3) is 3.79 Å². The van der Waals surface area contributed by atoms with Crippen molar-refractivity contribution in [2.24, 2.45) is 11.8 Å². The highest BCUT2D eigenvalue weighted by atomic mass is 35.6. The van der Waals surface area contributed by atoms with E-state index < -0.39 is 28.1 Å². The lowest BCUT2D eigenvalue weighted by Crippen LogP contribution is -2.53. The topological polar surface area (TPSA) is 68.6 Å². The predicted molar refractivity (Wildman–Crippen MR) is 81.9 cm³/mol. The number of carbonyl (C=O) groups excluding carboxylic acids is 1. The van der Waals surface area contributed by atoms with E-state index in [4.69, 9.17) is 54.4 Å². The first-order chi connectivity index (χ1) is 9.57. The normalized spacial score (nSPS) is 33.4. The molecule has 122 valence electrons. The number of carbonyl (C=O) groups is 1. The van der Waals surface area contributed by atoms with Crippen LogP contribution in [0.25, 0.3) is 0 Å². The fourth-order valence-electron chi connectivity index (χ4n) is 2.36. The molecule has 1 saturated heterocycles. The molecule has 0 saturated carbocycles. The first kappa shape index (κ1) is 18.8. The van der Waals surface area contributed by atoms with E-state index in [2.05, 4.69) is 0 Å². The molecule has 0 aliphatic carbocycles. The standard InChI is InChI=1S/C13H20Cl3NO4/c1-5-9-6(2)7(3)10(19-8(4)18)11(20-9)21-12(17)13(14,15)16/h6-7,9-11,17H,5H2,1-4H3. The molecule has 5 unspecified atom stereocenters. The van der Waals surface area contributed by atoms with Crippen molar-refractivity contribution in [3.63, 3.8) is 0 Å². The maximum atomic E-state index is 11.3. The Balaban J connectivity index is 2.93. The van der Waals surface area contributed by atoms with Crippen molar-refractivity contribution in [2.45, 2.75) is 56.4 Å². The largest absolute Gasteiger partial charge is 0.456 e. The molecule has 0 aromatic heterocycles. The molecule has 5 nitrogen and oxygen atoms in total. The average molecular weight is 361 g/mol. The van der Waals surface area contributed by atoms with E-state index in [1.54, 1.807) is 0 Å². The Bertz CT molecular complexity index is 399. The number of hydrogen-bond donors (Lipinski definition) is 1. The van der Waals surface area contributed by atoms with Gasteiger partial charge in [-0.05, 0) is 12.3 Å². The molecule has 0 spiro atoms. The number of nitrogens with one attached hydrogen (secondary N) is 1. The van der Waals surface area contributed by atoms with E-state index in [1.807, 2.05) is 20.8 Å². The average Bonchev–Trinajstić information content (AvgIpc) is 2.36. The smallest absolute Gasteiger partial charge is 0.303 e. The molecule has 0 amide bonds. The van der Waals surface area contributed by atoms with Gasteiger partial charge in [-0.25, -0.2) is 0 Å². The van der Waals surface area contributed by atoms with Gasteiger partial charge in [-0.3, -0.25) is 10.2 Å². The van der Waals surface area contributed by atoms with Gasteiger partial charge in [0.2, 0.25) is 12.2 Å². The molecule has 1 rings (SSSR count). The van der Waals surface area contributed by atoms with Gasteiger partial charge in [-0.1, -0.05) is 55.6 Å². The minimum atomic E-state index is -1.99. The van der Waals surface area contributed by atoms with Crippen molar-refractivity contribution in [3.8, 4) is 0 Å². The van der Waals surface area contributed by atoms with Crippen LogP contribution < -0.4 is 0 Å². The lowest BCUT2D eigenvalue weighted by atomic mass is 9.82. The second-order valence-electron chi connectivity index (χ2n) is 5.19. The van der Waals surface area contributed by atoms with E-state index in [1.165, 1.54) is 6.92 Å². The number of ether oxygens (including phenoxy) is 3. The van der Waals surface area contributed by atoms with Crippen LogP contribution in [-0.2, 0) is 19.0 Å². The van der Waals surface area contributed by atoms with Gasteiger partial charge >= 0.3 is 5.97 Å². The van der Waals surface area contributed by atoms with Crippen molar-refractivity contribution in [1.29, 1.82) is 5.41 Å². The summed E-state index contributed by atoms with van der Waals surface area (Å²) in [6.07, 6.45) is -0.944. The third-order valence-electron chi connectivity index (χ3n) is 3.71. The summed E-state index contributed by atoms with van der Waals surface area (Å²) in [4.78, 5) is 11.3. The number of rotatable bonds is 3. The third kappa shape index (κ3) is 4.88. The first-order valence-corrected chi connectivity index (χ1v) is 7.86. The van der Waals surface area contributed by atoms with Gasteiger partial charge in [0.1, 0.15) is 0 Å². The lowest BCUT2D eigenvalue weighted by Gasteiger charge is -2.43. The molecule has 0 aromatic carbocycles. The van der Waals surface area contributed by atoms with Gasteiger partial charge in [0.05, 0.1) is 6.10 Å². The minimum absolute atomic E-state index is 0.0132. The zero-order valence-electron chi connectivity index (χ0n) is 12.4. The van der Waals surface area contributed by atoms with E-state index in [0.29, 0.717) is 0 Å². The SMILES string of the molecule is CCC1OC(OC(=N)C(Cl)(Cl)Cl)C(OC(C)=O)C(C)C1C. The molecule has 0 radical (unpaired) electrons. The summed E-state index contributed by atoms with van der Waals surface area (Å²) in [5, 5.41) is 7.65. The summed E-state index contributed by atoms with van der Waals surface area (Å²) in [6, 6.07) is 0. The van der Waals surface area contributed by atoms with Gasteiger partial charge in [-0.15, -0.1) is 0 Å². The van der Waals surface area contributed by atoms with Crippen LogP contribution in [0.1, 0.15) is 34.1 Å². The fourth-order valence-corrected chi connectivity index (χ4v) is 2.49. The Kier molecular flexibility index (Phi) is 6.59. The zero-order chi connectivity index (χ0) is 16.4. The summed E-state index contributed by atoms with van der Waals surface area (Å²) in [5.74, 6) is -0.861. The van der Waals surface area contributed by atoms with Crippen LogP contribution >= 0.6 is 34.8 Å². The maximum Gasteiger partial charge on any atom is 0.303 e. The summed E-state index contributed by atoms with van der Waals surface area (Å²) in [7, 11) is 0. The Morgan fingerprint density at radius 3 is 2.24 bits per heavy atom. The number of halogens is 3. The zero-order valence-corrected chi connectivity index (χ0v) is 14.6. The molecule has 1 fully saturated rings. The highest BCUT2D eigenvalue weighted by Crippen LogP contribution is 2.36. The second-order valence-corrected chi connectivity index (χ2v) is 7.47. The third-order valence-corrected chi connectivity index (χ3v) is 4.22. The highest BCUT2D eigenvalue weighted by Gasteiger charge is 2.46. The quantitative estimate of drug-likeness (QED) is 0.361. The number of esters is 1. The van der Waals surface area contributed by atoms with Crippen molar-refractivity contribution in [2.75, 3.05) is 0 Å². The molecule has 21 heavy (non-hydrogen) atoms. The highest BCUT2D eigenvalue weighted by molar-refractivity contribution is 6.76. The van der Waals surface area contributed by atoms with Crippen LogP contribution in [0.2, 0.25) is 0 Å². The molecular weight excluding hydrogens is 341 g/mol. The van der Waals surface area contributed by atoms with Crippen molar-refractivity contribution in [1.82, 2.24) is 0 Å². The fraction of sp³-hybridized carbons (Fsp3) is 0.846. The molecule has 1 heterocycles. The summed E-state index contributed by atoms with van der Waals surface area (Å²) >= 11 is 16.8. The first-order valence-electron chi connectivity index (χ1n) is 6.73. The number of hydrogen-bond acceptors (Lipinski definition) is 5. The molecule has 1 aliphatic rings. The van der Waals surface area contributed by atoms with Crippen LogP contribution in [0, 0.1) is 17.2 Å². The van der Waals surface area contributed by atoms with Crippen molar-refractivity contribution < 1.29 is 19.0 Å². The number of alkyl halides is 3. The minimum Gasteiger partial charge on any atom is -0.456 e. The van der Waals surface area contributed by atoms with Crippen molar-refractivity contribution in [3.05, 3.63) is 0 Å². The van der Waals surface area contributed by atoms with Gasteiger partial charge in [-0.2, -0.15) is 0 Å². The summed E-state index contributed by atoms with van der Waals surface area (Å²) < 4.78 is 14.4. The lowest BCUT2D eigenvalue weighted by molar-refractivity contribution is -0.251. The van der Waals surface area contributed by atoms with Crippen LogP contribution in [0.3, 0.4) is 0 Å². The second kappa shape index (κ2) is 7.36. The molecule has 8 heteroatoms. The predicted octanol–water partition coefficient (Wildman–Crippen LogP) is 3.69. The van der Waals surface area contributed by atoms with Crippen molar-refractivity contribution >= 4 is 46.7 Å². The molecular formula is C13H20Cl3NO4. The van der Waals surface area contributed by atoms with E-state index in [-0.39, 0.29) is 17.9 Å². The Morgan fingerprint density at radius 1 is 1.24 bits per heavy atom. The molecule has 0 bridgehead atoms. The summed E-state index contributed by atoms with van der Waals surface area (Å²) in [6.45, 7) is 7.25. The monoisotopic (exact) mass is 359 g/mol. The van der Waals surface area contributed by atoms with E-state index in [9.17, 15) is 4.79 Å². The van der Waals surface area contributed by atoms with Crippen LogP contribution in [0.15, 0.2) is 0 Å².